The van der Waals surface area contributed by atoms with E-state index in [1.54, 1.807) is 16.2 Å². The van der Waals surface area contributed by atoms with Crippen molar-refractivity contribution < 1.29 is 14.7 Å². The van der Waals surface area contributed by atoms with Crippen molar-refractivity contribution in [1.82, 2.24) is 9.80 Å². The molecule has 0 saturated heterocycles. The molecule has 1 aromatic rings. The Kier molecular flexibility index (Phi) is 4.27. The first kappa shape index (κ1) is 15.8. The van der Waals surface area contributed by atoms with E-state index < -0.39 is 11.5 Å². The van der Waals surface area contributed by atoms with Gasteiger partial charge in [-0.25, -0.2) is 4.79 Å². The predicted octanol–water partition coefficient (Wildman–Crippen LogP) is 2.97. The number of amides is 2. The highest BCUT2D eigenvalue weighted by atomic mass is 32.1. The molecule has 1 unspecified atom stereocenters. The SMILES string of the molecule is CC1c2ccsc2CCN1C(=O)N(CC(=O)O)C(C)(C)C. The minimum absolute atomic E-state index is 0.00820. The predicted molar refractivity (Wildman–Crippen MR) is 82.6 cm³/mol. The molecule has 0 aromatic carbocycles. The number of hydrogen-bond donors (Lipinski definition) is 1. The summed E-state index contributed by atoms with van der Waals surface area (Å²) in [5.74, 6) is -0.987. The molecule has 2 heterocycles. The second kappa shape index (κ2) is 5.67. The zero-order valence-electron chi connectivity index (χ0n) is 12.9. The van der Waals surface area contributed by atoms with Crippen molar-refractivity contribution in [1.29, 1.82) is 0 Å². The quantitative estimate of drug-likeness (QED) is 0.913. The van der Waals surface area contributed by atoms with Gasteiger partial charge in [-0.1, -0.05) is 0 Å². The van der Waals surface area contributed by atoms with E-state index in [1.165, 1.54) is 15.3 Å². The Bertz CT molecular complexity index is 547. The van der Waals surface area contributed by atoms with Gasteiger partial charge in [0.25, 0.3) is 0 Å². The van der Waals surface area contributed by atoms with Crippen LogP contribution in [0.5, 0.6) is 0 Å². The first-order valence-corrected chi connectivity index (χ1v) is 7.96. The molecule has 0 spiro atoms. The summed E-state index contributed by atoms with van der Waals surface area (Å²) in [4.78, 5) is 28.4. The first-order chi connectivity index (χ1) is 9.71. The Morgan fingerprint density at radius 2 is 2.14 bits per heavy atom. The summed E-state index contributed by atoms with van der Waals surface area (Å²) in [6.45, 7) is 7.95. The lowest BCUT2D eigenvalue weighted by atomic mass is 10.0. The third-order valence-corrected chi connectivity index (χ3v) is 4.85. The molecule has 1 aromatic heterocycles. The highest BCUT2D eigenvalue weighted by Crippen LogP contribution is 2.34. The second-order valence-electron chi connectivity index (χ2n) is 6.35. The number of carbonyl (C=O) groups excluding carboxylic acids is 1. The van der Waals surface area contributed by atoms with Gasteiger partial charge in [-0.2, -0.15) is 0 Å². The Hall–Kier alpha value is -1.56. The molecule has 2 amide bonds. The summed E-state index contributed by atoms with van der Waals surface area (Å²) >= 11 is 1.72. The van der Waals surface area contributed by atoms with Crippen LogP contribution in [0.1, 0.15) is 44.2 Å². The van der Waals surface area contributed by atoms with Gasteiger partial charge in [0.15, 0.2) is 0 Å². The molecule has 1 aliphatic rings. The van der Waals surface area contributed by atoms with Gasteiger partial charge >= 0.3 is 12.0 Å². The molecule has 0 bridgehead atoms. The molecule has 0 fully saturated rings. The summed E-state index contributed by atoms with van der Waals surface area (Å²) in [6.07, 6.45) is 0.841. The van der Waals surface area contributed by atoms with Gasteiger partial charge in [0, 0.05) is 17.0 Å². The van der Waals surface area contributed by atoms with Crippen LogP contribution in [0, 0.1) is 0 Å². The minimum Gasteiger partial charge on any atom is -0.480 e. The number of hydrogen-bond acceptors (Lipinski definition) is 3. The van der Waals surface area contributed by atoms with Crippen molar-refractivity contribution >= 4 is 23.3 Å². The summed E-state index contributed by atoms with van der Waals surface area (Å²) in [7, 11) is 0. The maximum atomic E-state index is 12.8. The third kappa shape index (κ3) is 3.20. The molecule has 0 saturated carbocycles. The molecule has 1 aliphatic heterocycles. The van der Waals surface area contributed by atoms with Crippen molar-refractivity contribution in [3.63, 3.8) is 0 Å². The van der Waals surface area contributed by atoms with Crippen LogP contribution in [0.3, 0.4) is 0 Å². The fourth-order valence-corrected chi connectivity index (χ4v) is 3.62. The van der Waals surface area contributed by atoms with Crippen LogP contribution in [0.15, 0.2) is 11.4 Å². The molecule has 1 N–H and O–H groups in total. The minimum atomic E-state index is -0.987. The average molecular weight is 310 g/mol. The lowest BCUT2D eigenvalue weighted by molar-refractivity contribution is -0.138. The van der Waals surface area contributed by atoms with E-state index in [4.69, 9.17) is 5.11 Å². The van der Waals surface area contributed by atoms with Crippen LogP contribution in [-0.2, 0) is 11.2 Å². The molecule has 6 heteroatoms. The van der Waals surface area contributed by atoms with E-state index in [0.717, 1.165) is 6.42 Å². The highest BCUT2D eigenvalue weighted by molar-refractivity contribution is 7.10. The highest BCUT2D eigenvalue weighted by Gasteiger charge is 2.36. The van der Waals surface area contributed by atoms with Gasteiger partial charge in [-0.05, 0) is 51.1 Å². The van der Waals surface area contributed by atoms with Crippen molar-refractivity contribution in [3.8, 4) is 0 Å². The van der Waals surface area contributed by atoms with E-state index in [9.17, 15) is 9.59 Å². The normalized spacial score (nSPS) is 18.3. The van der Waals surface area contributed by atoms with Crippen LogP contribution in [0.25, 0.3) is 0 Å². The van der Waals surface area contributed by atoms with Gasteiger partial charge in [0.05, 0.1) is 6.04 Å². The maximum absolute atomic E-state index is 12.8. The van der Waals surface area contributed by atoms with Gasteiger partial charge in [0.1, 0.15) is 6.54 Å². The fourth-order valence-electron chi connectivity index (χ4n) is 2.65. The zero-order chi connectivity index (χ0) is 15.8. The number of fused-ring (bicyclic) bond motifs is 1. The molecule has 116 valence electrons. The van der Waals surface area contributed by atoms with E-state index in [-0.39, 0.29) is 18.6 Å². The summed E-state index contributed by atoms with van der Waals surface area (Å²) in [5, 5.41) is 11.1. The van der Waals surface area contributed by atoms with E-state index >= 15 is 0 Å². The summed E-state index contributed by atoms with van der Waals surface area (Å²) in [6, 6.07) is 1.85. The van der Waals surface area contributed by atoms with Crippen molar-refractivity contribution in [2.24, 2.45) is 0 Å². The molecular weight excluding hydrogens is 288 g/mol. The summed E-state index contributed by atoms with van der Waals surface area (Å²) in [5.41, 5.74) is 0.660. The molecule has 5 nitrogen and oxygen atoms in total. The average Bonchev–Trinajstić information content (AvgIpc) is 2.83. The number of carboxylic acids is 1. The van der Waals surface area contributed by atoms with Gasteiger partial charge in [-0.15, -0.1) is 11.3 Å². The van der Waals surface area contributed by atoms with Crippen LogP contribution in [0.4, 0.5) is 4.79 Å². The number of carboxylic acid groups (broad SMARTS) is 1. The molecule has 2 rings (SSSR count). The molecule has 21 heavy (non-hydrogen) atoms. The number of rotatable bonds is 2. The number of nitrogens with zero attached hydrogens (tertiary/aromatic N) is 2. The number of carbonyl (C=O) groups is 2. The van der Waals surface area contributed by atoms with E-state index in [2.05, 4.69) is 6.07 Å². The first-order valence-electron chi connectivity index (χ1n) is 7.08. The Labute approximate surface area is 129 Å². The van der Waals surface area contributed by atoms with Gasteiger partial charge in [-0.3, -0.25) is 4.79 Å². The lowest BCUT2D eigenvalue weighted by Crippen LogP contribution is -2.55. The lowest BCUT2D eigenvalue weighted by Gasteiger charge is -2.42. The van der Waals surface area contributed by atoms with Crippen LogP contribution in [0.2, 0.25) is 0 Å². The van der Waals surface area contributed by atoms with Crippen molar-refractivity contribution in [2.45, 2.75) is 45.7 Å². The molecule has 0 aliphatic carbocycles. The van der Waals surface area contributed by atoms with Gasteiger partial charge in [0.2, 0.25) is 0 Å². The number of thiophene rings is 1. The third-order valence-electron chi connectivity index (χ3n) is 3.86. The molecule has 1 atom stereocenters. The second-order valence-corrected chi connectivity index (χ2v) is 7.35. The molecule has 0 radical (unpaired) electrons. The topological polar surface area (TPSA) is 60.9 Å². The summed E-state index contributed by atoms with van der Waals surface area (Å²) < 4.78 is 0. The smallest absolute Gasteiger partial charge is 0.323 e. The maximum Gasteiger partial charge on any atom is 0.323 e. The fraction of sp³-hybridized carbons (Fsp3) is 0.600. The van der Waals surface area contributed by atoms with E-state index in [0.29, 0.717) is 6.54 Å². The van der Waals surface area contributed by atoms with Crippen LogP contribution in [-0.4, -0.2) is 45.5 Å². The number of urea groups is 1. The van der Waals surface area contributed by atoms with Crippen molar-refractivity contribution in [2.75, 3.05) is 13.1 Å². The van der Waals surface area contributed by atoms with Crippen molar-refractivity contribution in [3.05, 3.63) is 21.9 Å². The van der Waals surface area contributed by atoms with Crippen LogP contribution < -0.4 is 0 Å². The van der Waals surface area contributed by atoms with Gasteiger partial charge < -0.3 is 14.9 Å². The standard InChI is InChI=1S/C15H22N2O3S/c1-10-11-6-8-21-12(11)5-7-16(10)14(20)17(9-13(18)19)15(2,3)4/h6,8,10H,5,7,9H2,1-4H3,(H,18,19). The Morgan fingerprint density at radius 1 is 1.48 bits per heavy atom. The van der Waals surface area contributed by atoms with Crippen LogP contribution >= 0.6 is 11.3 Å². The van der Waals surface area contributed by atoms with E-state index in [1.807, 2.05) is 33.1 Å². The molecular formula is C15H22N2O3S. The Balaban J connectivity index is 2.24. The number of aliphatic carboxylic acids is 1. The largest absolute Gasteiger partial charge is 0.480 e. The Morgan fingerprint density at radius 3 is 2.71 bits per heavy atom. The monoisotopic (exact) mass is 310 g/mol. The zero-order valence-corrected chi connectivity index (χ0v) is 13.7.